The smallest absolute Gasteiger partial charge is 0.447 e. The second-order valence-corrected chi connectivity index (χ2v) is 11.2. The lowest BCUT2D eigenvalue weighted by Gasteiger charge is -2.28. The quantitative estimate of drug-likeness (QED) is 0.108. The molecular weight excluding hydrogens is 641 g/mol. The van der Waals surface area contributed by atoms with E-state index in [0.717, 1.165) is 0 Å². The van der Waals surface area contributed by atoms with E-state index >= 15 is 0 Å². The molecule has 45 heavy (non-hydrogen) atoms. The number of carbonyl (C=O) groups is 3. The van der Waals surface area contributed by atoms with Crippen molar-refractivity contribution >= 4 is 54.2 Å². The maximum Gasteiger partial charge on any atom is 0.469 e. The van der Waals surface area contributed by atoms with Gasteiger partial charge in [-0.2, -0.15) is 0 Å². The second kappa shape index (κ2) is 16.8. The number of urea groups is 2. The molecule has 0 radical (unpaired) electrons. The molecule has 0 aliphatic rings. The highest BCUT2D eigenvalue weighted by Gasteiger charge is 2.22. The molecule has 14 nitrogen and oxygen atoms in total. The van der Waals surface area contributed by atoms with E-state index in [1.165, 1.54) is 48.5 Å². The van der Waals surface area contributed by atoms with Gasteiger partial charge >= 0.3 is 26.0 Å². The first-order valence-corrected chi connectivity index (χ1v) is 15.4. The topological polar surface area (TPSA) is 191 Å². The number of pyridine rings is 1. The van der Waals surface area contributed by atoms with Gasteiger partial charge in [0.1, 0.15) is 24.1 Å². The van der Waals surface area contributed by atoms with Crippen molar-refractivity contribution in [2.24, 2.45) is 0 Å². The summed E-state index contributed by atoms with van der Waals surface area (Å²) in [5, 5.41) is 11.1. The molecule has 2 aromatic carbocycles. The Bertz CT molecular complexity index is 1550. The second-order valence-electron chi connectivity index (χ2n) is 9.57. The molecule has 5 amide bonds. The minimum atomic E-state index is -4.64. The van der Waals surface area contributed by atoms with Crippen LogP contribution in [-0.4, -0.2) is 77.2 Å². The van der Waals surface area contributed by atoms with E-state index < -0.39 is 50.3 Å². The monoisotopic (exact) mass is 672 g/mol. The number of halogens is 3. The predicted octanol–water partition coefficient (Wildman–Crippen LogP) is 4.11. The molecular formula is C27H32ClF2N6O8P. The number of phosphoric ester groups is 1. The molecule has 0 unspecified atom stereocenters. The number of ether oxygens (including phenoxy) is 1. The zero-order chi connectivity index (χ0) is 33.0. The lowest BCUT2D eigenvalue weighted by atomic mass is 10.1. The third-order valence-corrected chi connectivity index (χ3v) is 7.24. The Hall–Kier alpha value is -4.08. The molecule has 1 atom stereocenters. The number of carbonyl (C=O) groups excluding carboxylic acids is 3. The van der Waals surface area contributed by atoms with Crippen LogP contribution in [0.1, 0.15) is 18.4 Å². The zero-order valence-electron chi connectivity index (χ0n) is 24.0. The molecule has 1 heterocycles. The van der Waals surface area contributed by atoms with Crippen molar-refractivity contribution in [3.63, 3.8) is 0 Å². The van der Waals surface area contributed by atoms with Crippen molar-refractivity contribution in [3.05, 3.63) is 70.9 Å². The maximum atomic E-state index is 13.8. The molecule has 0 saturated heterocycles. The lowest BCUT2D eigenvalue weighted by Crippen LogP contribution is -2.46. The summed E-state index contributed by atoms with van der Waals surface area (Å²) in [4.78, 5) is 60.1. The summed E-state index contributed by atoms with van der Waals surface area (Å²) in [7, 11) is -3.18. The van der Waals surface area contributed by atoms with Crippen molar-refractivity contribution in [2.45, 2.75) is 25.4 Å². The summed E-state index contributed by atoms with van der Waals surface area (Å²) >= 11 is 5.97. The van der Waals surface area contributed by atoms with Crippen LogP contribution in [0, 0.1) is 11.6 Å². The molecule has 0 spiro atoms. The number of hydrogen-bond donors (Lipinski definition) is 6. The number of aromatic nitrogens is 1. The van der Waals surface area contributed by atoms with Crippen LogP contribution in [0.15, 0.2) is 48.7 Å². The van der Waals surface area contributed by atoms with E-state index in [0.29, 0.717) is 22.8 Å². The average molecular weight is 673 g/mol. The van der Waals surface area contributed by atoms with E-state index in [2.05, 4.69) is 30.8 Å². The molecule has 0 bridgehead atoms. The molecule has 0 aliphatic carbocycles. The van der Waals surface area contributed by atoms with Crippen molar-refractivity contribution in [1.29, 1.82) is 0 Å². The van der Waals surface area contributed by atoms with Gasteiger partial charge in [0.25, 0.3) is 0 Å². The fraction of sp³-hybridized carbons (Fsp3) is 0.333. The van der Waals surface area contributed by atoms with Gasteiger partial charge in [-0.05, 0) is 54.1 Å². The minimum Gasteiger partial charge on any atom is -0.447 e. The van der Waals surface area contributed by atoms with E-state index in [-0.39, 0.29) is 43.5 Å². The molecule has 3 rings (SSSR count). The number of benzene rings is 2. The van der Waals surface area contributed by atoms with Crippen LogP contribution in [0.2, 0.25) is 5.02 Å². The van der Waals surface area contributed by atoms with Gasteiger partial charge in [0.05, 0.1) is 17.7 Å². The molecule has 3 aromatic rings. The van der Waals surface area contributed by atoms with Gasteiger partial charge in [0.15, 0.2) is 0 Å². The summed E-state index contributed by atoms with van der Waals surface area (Å²) < 4.78 is 47.7. The largest absolute Gasteiger partial charge is 0.469 e. The number of nitrogens with one attached hydrogen (secondary N) is 4. The highest BCUT2D eigenvalue weighted by Crippen LogP contribution is 2.35. The first kappa shape index (κ1) is 35.4. The van der Waals surface area contributed by atoms with Crippen molar-refractivity contribution in [1.82, 2.24) is 25.8 Å². The highest BCUT2D eigenvalue weighted by molar-refractivity contribution is 7.46. The molecule has 0 saturated carbocycles. The standard InChI is InChI=1S/C27H32ClF2N6O8P/c1-36(26(38)34-15-18-4-2-6-22(30)24(18)28)21(5-3-9-31-25(37)32-10-11-44-45(40,41)42)16-43-27(39)35-23-13-19-12-20(29)8-7-17(19)14-33-23/h2,4,6-8,12-14,21H,3,5,9-11,15-16H2,1H3,(H,34,38)(H2,31,32,37)(H,33,35,39)(H2,40,41,42)/t21-/m0/s1. The third kappa shape index (κ3) is 12.1. The Labute approximate surface area is 261 Å². The summed E-state index contributed by atoms with van der Waals surface area (Å²) in [5.74, 6) is -0.966. The minimum absolute atomic E-state index is 0.0739. The number of amides is 5. The molecule has 0 fully saturated rings. The van der Waals surface area contributed by atoms with Crippen LogP contribution in [0.3, 0.4) is 0 Å². The number of likely N-dealkylation sites (N-methyl/N-ethyl adjacent to an activating group) is 1. The van der Waals surface area contributed by atoms with Crippen LogP contribution < -0.4 is 21.3 Å². The number of anilines is 1. The van der Waals surface area contributed by atoms with Crippen LogP contribution in [0.25, 0.3) is 10.8 Å². The first-order valence-electron chi connectivity index (χ1n) is 13.5. The van der Waals surface area contributed by atoms with E-state index in [1.54, 1.807) is 12.1 Å². The summed E-state index contributed by atoms with van der Waals surface area (Å²) in [6, 6.07) is 7.94. The van der Waals surface area contributed by atoms with Gasteiger partial charge in [0, 0.05) is 38.3 Å². The van der Waals surface area contributed by atoms with Crippen molar-refractivity contribution in [2.75, 3.05) is 38.7 Å². The average Bonchev–Trinajstić information content (AvgIpc) is 2.98. The van der Waals surface area contributed by atoms with Gasteiger partial charge < -0.3 is 35.4 Å². The molecule has 244 valence electrons. The Balaban J connectivity index is 1.56. The fourth-order valence-corrected chi connectivity index (χ4v) is 4.48. The van der Waals surface area contributed by atoms with Crippen LogP contribution in [-0.2, 0) is 20.4 Å². The number of rotatable bonds is 14. The predicted molar refractivity (Wildman–Crippen MR) is 160 cm³/mol. The number of nitrogens with zero attached hydrogens (tertiary/aromatic N) is 2. The summed E-state index contributed by atoms with van der Waals surface area (Å²) in [5.41, 5.74) is 0.356. The number of phosphoric acid groups is 1. The van der Waals surface area contributed by atoms with Crippen LogP contribution in [0.4, 0.5) is 29.0 Å². The Morgan fingerprint density at radius 3 is 2.58 bits per heavy atom. The van der Waals surface area contributed by atoms with Crippen molar-refractivity contribution in [3.8, 4) is 0 Å². The number of fused-ring (bicyclic) bond motifs is 1. The summed E-state index contributed by atoms with van der Waals surface area (Å²) in [6.07, 6.45) is 1.17. The van der Waals surface area contributed by atoms with Gasteiger partial charge in [0.2, 0.25) is 0 Å². The van der Waals surface area contributed by atoms with Crippen LogP contribution in [0.5, 0.6) is 0 Å². The molecule has 0 aliphatic heterocycles. The highest BCUT2D eigenvalue weighted by atomic mass is 35.5. The van der Waals surface area contributed by atoms with E-state index in [1.807, 2.05) is 0 Å². The SMILES string of the molecule is CN(C(=O)NCc1cccc(F)c1Cl)[C@@H](CCCNC(=O)NCCOP(=O)(O)O)COC(=O)Nc1cc2cc(F)ccc2cn1. The third-order valence-electron chi connectivity index (χ3n) is 6.30. The number of hydrogen-bond acceptors (Lipinski definition) is 7. The van der Waals surface area contributed by atoms with Crippen molar-refractivity contribution < 1.29 is 46.8 Å². The Morgan fingerprint density at radius 1 is 1.07 bits per heavy atom. The summed E-state index contributed by atoms with van der Waals surface area (Å²) in [6.45, 7) is -0.743. The maximum absolute atomic E-state index is 13.8. The van der Waals surface area contributed by atoms with E-state index in [4.69, 9.17) is 26.1 Å². The van der Waals surface area contributed by atoms with Crippen LogP contribution >= 0.6 is 19.4 Å². The normalized spacial score (nSPS) is 11.9. The van der Waals surface area contributed by atoms with Gasteiger partial charge in [-0.25, -0.2) is 32.7 Å². The van der Waals surface area contributed by atoms with E-state index in [9.17, 15) is 27.7 Å². The first-order chi connectivity index (χ1) is 21.3. The Kier molecular flexibility index (Phi) is 13.2. The molecule has 1 aromatic heterocycles. The lowest BCUT2D eigenvalue weighted by molar-refractivity contribution is 0.113. The molecule has 6 N–H and O–H groups in total. The van der Waals surface area contributed by atoms with Gasteiger partial charge in [-0.3, -0.25) is 9.84 Å². The zero-order valence-corrected chi connectivity index (χ0v) is 25.6. The van der Waals surface area contributed by atoms with Gasteiger partial charge in [-0.15, -0.1) is 0 Å². The fourth-order valence-electron chi connectivity index (χ4n) is 3.96. The molecule has 18 heteroatoms. The van der Waals surface area contributed by atoms with Gasteiger partial charge in [-0.1, -0.05) is 23.7 Å². The Morgan fingerprint density at radius 2 is 1.82 bits per heavy atom.